The van der Waals surface area contributed by atoms with E-state index in [0.717, 1.165) is 19.6 Å². The first-order valence-corrected chi connectivity index (χ1v) is 12.1. The number of fused-ring (bicyclic) bond motifs is 1. The van der Waals surface area contributed by atoms with Gasteiger partial charge in [-0.05, 0) is 35.9 Å². The van der Waals surface area contributed by atoms with Crippen molar-refractivity contribution >= 4 is 16.8 Å². The van der Waals surface area contributed by atoms with Crippen LogP contribution in [0.15, 0.2) is 72.9 Å². The van der Waals surface area contributed by atoms with Gasteiger partial charge in [0.2, 0.25) is 0 Å². The minimum Gasteiger partial charge on any atom is -0.493 e. The van der Waals surface area contributed by atoms with Crippen LogP contribution in [0.3, 0.4) is 0 Å². The molecular formula is C29H28FN3O4. The molecule has 3 aromatic carbocycles. The number of methoxy groups -OCH3 is 2. The number of carbonyl (C=O) groups excluding carboxylic acids is 1. The van der Waals surface area contributed by atoms with Gasteiger partial charge in [0.15, 0.2) is 23.1 Å². The van der Waals surface area contributed by atoms with Crippen LogP contribution in [-0.2, 0) is 6.54 Å². The Hall–Kier alpha value is -4.17. The number of nitrogens with zero attached hydrogens (tertiary/aromatic N) is 3. The molecule has 2 heterocycles. The van der Waals surface area contributed by atoms with Gasteiger partial charge in [-0.3, -0.25) is 14.7 Å². The first-order valence-electron chi connectivity index (χ1n) is 12.1. The second-order valence-corrected chi connectivity index (χ2v) is 8.83. The van der Waals surface area contributed by atoms with E-state index in [-0.39, 0.29) is 11.7 Å². The Balaban J connectivity index is 1.27. The highest BCUT2D eigenvalue weighted by Crippen LogP contribution is 2.37. The second kappa shape index (κ2) is 10.8. The van der Waals surface area contributed by atoms with Crippen molar-refractivity contribution in [3.63, 3.8) is 0 Å². The maximum Gasteiger partial charge on any atom is 0.254 e. The van der Waals surface area contributed by atoms with Crippen molar-refractivity contribution in [3.05, 3.63) is 89.9 Å². The molecule has 1 fully saturated rings. The minimum absolute atomic E-state index is 0.0199. The summed E-state index contributed by atoms with van der Waals surface area (Å²) in [4.78, 5) is 21.5. The zero-order valence-electron chi connectivity index (χ0n) is 20.8. The summed E-state index contributed by atoms with van der Waals surface area (Å²) in [5.41, 5.74) is 2.17. The summed E-state index contributed by atoms with van der Waals surface area (Å²) in [6, 6.07) is 19.7. The maximum absolute atomic E-state index is 15.1. The molecule has 1 aliphatic heterocycles. The Morgan fingerprint density at radius 2 is 1.59 bits per heavy atom. The largest absolute Gasteiger partial charge is 0.493 e. The van der Waals surface area contributed by atoms with Gasteiger partial charge in [-0.1, -0.05) is 30.3 Å². The van der Waals surface area contributed by atoms with Crippen molar-refractivity contribution < 1.29 is 23.4 Å². The van der Waals surface area contributed by atoms with Crippen molar-refractivity contribution in [1.29, 1.82) is 0 Å². The number of pyridine rings is 1. The number of aromatic nitrogens is 1. The smallest absolute Gasteiger partial charge is 0.254 e. The van der Waals surface area contributed by atoms with Gasteiger partial charge < -0.3 is 19.1 Å². The average Bonchev–Trinajstić information content (AvgIpc) is 2.94. The topological polar surface area (TPSA) is 64.1 Å². The fourth-order valence-electron chi connectivity index (χ4n) is 4.50. The van der Waals surface area contributed by atoms with Gasteiger partial charge in [0.05, 0.1) is 19.7 Å². The monoisotopic (exact) mass is 501 g/mol. The Bertz CT molecular complexity index is 1410. The molecule has 0 N–H and O–H groups in total. The molecule has 190 valence electrons. The maximum atomic E-state index is 15.1. The van der Waals surface area contributed by atoms with Crippen molar-refractivity contribution in [2.75, 3.05) is 40.4 Å². The summed E-state index contributed by atoms with van der Waals surface area (Å²) < 4.78 is 31.7. The standard InChI is InChI=1S/C29H28FN3O4/c1-35-27-17-22-24(18-28(27)36-2)31-11-10-25(22)37-26-9-8-21(16-23(26)30)29(34)33-14-12-32(13-15-33)19-20-6-4-3-5-7-20/h3-11,16-18H,12-15,19H2,1-2H3. The lowest BCUT2D eigenvalue weighted by Crippen LogP contribution is -2.48. The third-order valence-electron chi connectivity index (χ3n) is 6.51. The molecule has 0 aliphatic carbocycles. The number of carbonyl (C=O) groups is 1. The summed E-state index contributed by atoms with van der Waals surface area (Å²) in [5.74, 6) is 0.688. The first kappa shape index (κ1) is 24.5. The third-order valence-corrected chi connectivity index (χ3v) is 6.51. The molecule has 1 aliphatic rings. The van der Waals surface area contributed by atoms with E-state index in [1.807, 2.05) is 18.2 Å². The molecule has 1 amide bonds. The van der Waals surface area contributed by atoms with Crippen LogP contribution >= 0.6 is 0 Å². The zero-order chi connectivity index (χ0) is 25.8. The Labute approximate surface area is 215 Å². The second-order valence-electron chi connectivity index (χ2n) is 8.83. The third kappa shape index (κ3) is 5.34. The lowest BCUT2D eigenvalue weighted by molar-refractivity contribution is 0.0628. The molecule has 0 radical (unpaired) electrons. The van der Waals surface area contributed by atoms with Gasteiger partial charge in [0, 0.05) is 55.9 Å². The van der Waals surface area contributed by atoms with Crippen LogP contribution in [0.5, 0.6) is 23.0 Å². The van der Waals surface area contributed by atoms with E-state index in [0.29, 0.717) is 46.8 Å². The number of rotatable bonds is 7. The number of hydrogen-bond acceptors (Lipinski definition) is 6. The van der Waals surface area contributed by atoms with E-state index >= 15 is 4.39 Å². The minimum atomic E-state index is -0.612. The summed E-state index contributed by atoms with van der Waals surface area (Å²) in [5, 5.41) is 0.646. The van der Waals surface area contributed by atoms with Crippen LogP contribution in [-0.4, -0.2) is 61.1 Å². The SMILES string of the molecule is COc1cc2nccc(Oc3ccc(C(=O)N4CCN(Cc5ccccc5)CC4)cc3F)c2cc1OC. The number of benzene rings is 3. The van der Waals surface area contributed by atoms with Gasteiger partial charge in [-0.25, -0.2) is 4.39 Å². The number of amides is 1. The molecule has 0 bridgehead atoms. The molecular weight excluding hydrogens is 473 g/mol. The molecule has 4 aromatic rings. The summed E-state index contributed by atoms with van der Waals surface area (Å²) in [6.07, 6.45) is 1.58. The van der Waals surface area contributed by atoms with E-state index in [1.54, 1.807) is 49.6 Å². The Morgan fingerprint density at radius 1 is 0.865 bits per heavy atom. The van der Waals surface area contributed by atoms with Gasteiger partial charge in [-0.15, -0.1) is 0 Å². The Morgan fingerprint density at radius 3 is 2.30 bits per heavy atom. The molecule has 1 aromatic heterocycles. The Kier molecular flexibility index (Phi) is 7.18. The number of piperazine rings is 1. The fraction of sp³-hybridized carbons (Fsp3) is 0.241. The van der Waals surface area contributed by atoms with Gasteiger partial charge in [-0.2, -0.15) is 0 Å². The highest BCUT2D eigenvalue weighted by molar-refractivity contribution is 5.94. The van der Waals surface area contributed by atoms with Crippen molar-refractivity contribution in [2.24, 2.45) is 0 Å². The van der Waals surface area contributed by atoms with Gasteiger partial charge >= 0.3 is 0 Å². The molecule has 0 spiro atoms. The zero-order valence-corrected chi connectivity index (χ0v) is 20.8. The number of halogens is 1. The van der Waals surface area contributed by atoms with E-state index in [2.05, 4.69) is 22.0 Å². The number of ether oxygens (including phenoxy) is 3. The molecule has 0 unspecified atom stereocenters. The average molecular weight is 502 g/mol. The highest BCUT2D eigenvalue weighted by atomic mass is 19.1. The summed E-state index contributed by atoms with van der Waals surface area (Å²) >= 11 is 0. The normalized spacial score (nSPS) is 14.0. The lowest BCUT2D eigenvalue weighted by atomic mass is 10.1. The van der Waals surface area contributed by atoms with E-state index in [9.17, 15) is 4.79 Å². The highest BCUT2D eigenvalue weighted by Gasteiger charge is 2.23. The predicted molar refractivity (Wildman–Crippen MR) is 139 cm³/mol. The van der Waals surface area contributed by atoms with Gasteiger partial charge in [0.25, 0.3) is 5.91 Å². The number of hydrogen-bond donors (Lipinski definition) is 0. The summed E-state index contributed by atoms with van der Waals surface area (Å²) in [6.45, 7) is 3.59. The quantitative estimate of drug-likeness (QED) is 0.349. The molecule has 5 rings (SSSR count). The van der Waals surface area contributed by atoms with Crippen LogP contribution in [0.1, 0.15) is 15.9 Å². The van der Waals surface area contributed by atoms with Crippen LogP contribution < -0.4 is 14.2 Å². The van der Waals surface area contributed by atoms with E-state index < -0.39 is 5.82 Å². The van der Waals surface area contributed by atoms with E-state index in [4.69, 9.17) is 14.2 Å². The predicted octanol–water partition coefficient (Wildman–Crippen LogP) is 5.14. The van der Waals surface area contributed by atoms with Crippen molar-refractivity contribution in [1.82, 2.24) is 14.8 Å². The van der Waals surface area contributed by atoms with Crippen LogP contribution in [0.4, 0.5) is 4.39 Å². The molecule has 0 atom stereocenters. The first-order chi connectivity index (χ1) is 18.1. The van der Waals surface area contributed by atoms with Crippen molar-refractivity contribution in [3.8, 4) is 23.0 Å². The lowest BCUT2D eigenvalue weighted by Gasteiger charge is -2.34. The summed E-state index contributed by atoms with van der Waals surface area (Å²) in [7, 11) is 3.09. The van der Waals surface area contributed by atoms with Crippen LogP contribution in [0.25, 0.3) is 10.9 Å². The molecule has 7 nitrogen and oxygen atoms in total. The van der Waals surface area contributed by atoms with E-state index in [1.165, 1.54) is 17.7 Å². The van der Waals surface area contributed by atoms with Gasteiger partial charge in [0.1, 0.15) is 5.75 Å². The molecule has 0 saturated carbocycles. The molecule has 37 heavy (non-hydrogen) atoms. The van der Waals surface area contributed by atoms with Crippen LogP contribution in [0, 0.1) is 5.82 Å². The fourth-order valence-corrected chi connectivity index (χ4v) is 4.50. The molecule has 8 heteroatoms. The van der Waals surface area contributed by atoms with Crippen LogP contribution in [0.2, 0.25) is 0 Å². The molecule has 1 saturated heterocycles. The van der Waals surface area contributed by atoms with Crippen molar-refractivity contribution in [2.45, 2.75) is 6.54 Å².